The van der Waals surface area contributed by atoms with Gasteiger partial charge in [0.1, 0.15) is 6.61 Å². The number of carbonyl (C=O) groups excluding carboxylic acids is 1. The molecule has 0 bridgehead atoms. The van der Waals surface area contributed by atoms with E-state index in [1.54, 1.807) is 0 Å². The summed E-state index contributed by atoms with van der Waals surface area (Å²) in [5.74, 6) is 1.21. The highest BCUT2D eigenvalue weighted by atomic mass is 16.6. The van der Waals surface area contributed by atoms with Gasteiger partial charge in [-0.1, -0.05) is 36.4 Å². The lowest BCUT2D eigenvalue weighted by atomic mass is 9.87. The van der Waals surface area contributed by atoms with Crippen molar-refractivity contribution in [2.45, 2.75) is 31.4 Å². The van der Waals surface area contributed by atoms with Crippen LogP contribution in [0.4, 0.5) is 0 Å². The van der Waals surface area contributed by atoms with Crippen molar-refractivity contribution in [3.05, 3.63) is 59.7 Å². The number of carbonyl (C=O) groups is 1. The fourth-order valence-corrected chi connectivity index (χ4v) is 3.32. The molecular weight excluding hydrogens is 290 g/mol. The Morgan fingerprint density at radius 2 is 1.83 bits per heavy atom. The van der Waals surface area contributed by atoms with Gasteiger partial charge < -0.3 is 14.8 Å². The lowest BCUT2D eigenvalue weighted by molar-refractivity contribution is -0.131. The van der Waals surface area contributed by atoms with Crippen LogP contribution in [-0.2, 0) is 11.2 Å². The second-order valence-corrected chi connectivity index (χ2v) is 6.02. The number of para-hydroxylation sites is 2. The Hall–Kier alpha value is -2.49. The molecule has 23 heavy (non-hydrogen) atoms. The Bertz CT molecular complexity index is 728. The molecule has 0 saturated heterocycles. The van der Waals surface area contributed by atoms with Gasteiger partial charge in [-0.25, -0.2) is 0 Å². The van der Waals surface area contributed by atoms with Crippen molar-refractivity contribution in [3.8, 4) is 11.5 Å². The van der Waals surface area contributed by atoms with E-state index < -0.39 is 6.10 Å². The highest BCUT2D eigenvalue weighted by molar-refractivity contribution is 5.82. The summed E-state index contributed by atoms with van der Waals surface area (Å²) in [6, 6.07) is 15.8. The molecule has 4 heteroatoms. The van der Waals surface area contributed by atoms with Gasteiger partial charge in [-0.05, 0) is 42.5 Å². The Morgan fingerprint density at radius 1 is 1.04 bits per heavy atom. The summed E-state index contributed by atoms with van der Waals surface area (Å²) < 4.78 is 11.4. The molecule has 0 fully saturated rings. The van der Waals surface area contributed by atoms with Crippen LogP contribution in [0.1, 0.15) is 30.0 Å². The van der Waals surface area contributed by atoms with Crippen LogP contribution in [0.25, 0.3) is 0 Å². The number of aryl methyl sites for hydroxylation is 1. The zero-order chi connectivity index (χ0) is 15.6. The van der Waals surface area contributed by atoms with E-state index in [4.69, 9.17) is 9.47 Å². The van der Waals surface area contributed by atoms with Crippen LogP contribution in [0.3, 0.4) is 0 Å². The van der Waals surface area contributed by atoms with Crippen molar-refractivity contribution in [3.63, 3.8) is 0 Å². The van der Waals surface area contributed by atoms with Crippen LogP contribution >= 0.6 is 0 Å². The Kier molecular flexibility index (Phi) is 3.66. The molecule has 118 valence electrons. The molecule has 2 aliphatic rings. The Balaban J connectivity index is 1.47. The first-order valence-electron chi connectivity index (χ1n) is 8.08. The third-order valence-electron chi connectivity index (χ3n) is 4.49. The highest BCUT2D eigenvalue weighted by Crippen LogP contribution is 2.32. The quantitative estimate of drug-likeness (QED) is 0.927. The number of benzene rings is 2. The van der Waals surface area contributed by atoms with Gasteiger partial charge in [0.25, 0.3) is 5.91 Å². The molecule has 2 atom stereocenters. The maximum absolute atomic E-state index is 12.6. The van der Waals surface area contributed by atoms with Gasteiger partial charge in [0.15, 0.2) is 11.5 Å². The minimum absolute atomic E-state index is 0.0632. The van der Waals surface area contributed by atoms with Crippen molar-refractivity contribution in [2.24, 2.45) is 0 Å². The molecule has 2 aromatic rings. The SMILES string of the molecule is O=C(N[C@@H]1CCCc2ccccc21)[C@@H]1COc2ccccc2O1. The number of fused-ring (bicyclic) bond motifs is 2. The van der Waals surface area contributed by atoms with E-state index in [9.17, 15) is 4.79 Å². The van der Waals surface area contributed by atoms with Gasteiger partial charge >= 0.3 is 0 Å². The fraction of sp³-hybridized carbons (Fsp3) is 0.316. The second-order valence-electron chi connectivity index (χ2n) is 6.02. The molecule has 1 aliphatic heterocycles. The molecule has 4 rings (SSSR count). The Morgan fingerprint density at radius 3 is 2.74 bits per heavy atom. The van der Waals surface area contributed by atoms with E-state index in [0.717, 1.165) is 19.3 Å². The van der Waals surface area contributed by atoms with Crippen LogP contribution in [0.5, 0.6) is 11.5 Å². The van der Waals surface area contributed by atoms with Gasteiger partial charge in [-0.15, -0.1) is 0 Å². The summed E-state index contributed by atoms with van der Waals surface area (Å²) in [6.45, 7) is 0.247. The van der Waals surface area contributed by atoms with Gasteiger partial charge in [0.05, 0.1) is 6.04 Å². The molecule has 0 aromatic heterocycles. The van der Waals surface area contributed by atoms with Gasteiger partial charge in [-0.3, -0.25) is 4.79 Å². The molecule has 1 N–H and O–H groups in total. The smallest absolute Gasteiger partial charge is 0.265 e. The van der Waals surface area contributed by atoms with Crippen LogP contribution in [0.2, 0.25) is 0 Å². The average Bonchev–Trinajstić information content (AvgIpc) is 2.61. The summed E-state index contributed by atoms with van der Waals surface area (Å²) in [7, 11) is 0. The molecule has 0 spiro atoms. The molecule has 4 nitrogen and oxygen atoms in total. The molecule has 0 saturated carbocycles. The first-order chi connectivity index (χ1) is 11.3. The van der Waals surface area contributed by atoms with Gasteiger partial charge in [0, 0.05) is 0 Å². The van der Waals surface area contributed by atoms with Crippen LogP contribution in [0.15, 0.2) is 48.5 Å². The van der Waals surface area contributed by atoms with Crippen LogP contribution in [-0.4, -0.2) is 18.6 Å². The molecule has 2 aromatic carbocycles. The van der Waals surface area contributed by atoms with Crippen molar-refractivity contribution >= 4 is 5.91 Å². The first-order valence-corrected chi connectivity index (χ1v) is 8.08. The predicted molar refractivity (Wildman–Crippen MR) is 86.6 cm³/mol. The third kappa shape index (κ3) is 2.77. The molecule has 0 unspecified atom stereocenters. The van der Waals surface area contributed by atoms with E-state index in [1.165, 1.54) is 11.1 Å². The summed E-state index contributed by atoms with van der Waals surface area (Å²) in [5.41, 5.74) is 2.56. The van der Waals surface area contributed by atoms with Gasteiger partial charge in [0.2, 0.25) is 6.10 Å². The minimum Gasteiger partial charge on any atom is -0.485 e. The molecule has 0 radical (unpaired) electrons. The topological polar surface area (TPSA) is 47.6 Å². The van der Waals surface area contributed by atoms with E-state index in [2.05, 4.69) is 23.5 Å². The van der Waals surface area contributed by atoms with E-state index in [1.807, 2.05) is 30.3 Å². The van der Waals surface area contributed by atoms with Crippen LogP contribution < -0.4 is 14.8 Å². The monoisotopic (exact) mass is 309 g/mol. The summed E-state index contributed by atoms with van der Waals surface area (Å²) >= 11 is 0. The van der Waals surface area contributed by atoms with Crippen molar-refractivity contribution in [1.29, 1.82) is 0 Å². The predicted octanol–water partition coefficient (Wildman–Crippen LogP) is 3.02. The van der Waals surface area contributed by atoms with Crippen molar-refractivity contribution in [2.75, 3.05) is 6.61 Å². The standard InChI is InChI=1S/C19H19NO3/c21-19(18-12-22-16-10-3-4-11-17(16)23-18)20-15-9-5-7-13-6-1-2-8-14(13)15/h1-4,6,8,10-11,15,18H,5,7,9,12H2,(H,20,21)/t15-,18+/m1/s1. The minimum atomic E-state index is -0.598. The number of nitrogens with one attached hydrogen (secondary N) is 1. The summed E-state index contributed by atoms with van der Waals surface area (Å²) in [5, 5.41) is 3.13. The fourth-order valence-electron chi connectivity index (χ4n) is 3.32. The maximum atomic E-state index is 12.6. The molecule has 1 heterocycles. The van der Waals surface area contributed by atoms with Gasteiger partial charge in [-0.2, -0.15) is 0 Å². The largest absolute Gasteiger partial charge is 0.485 e. The second kappa shape index (κ2) is 5.95. The molecule has 1 aliphatic carbocycles. The van der Waals surface area contributed by atoms with E-state index in [0.29, 0.717) is 11.5 Å². The van der Waals surface area contributed by atoms with Crippen LogP contribution in [0, 0.1) is 0 Å². The number of hydrogen-bond acceptors (Lipinski definition) is 3. The summed E-state index contributed by atoms with van der Waals surface area (Å²) in [6.07, 6.45) is 2.54. The molecule has 1 amide bonds. The highest BCUT2D eigenvalue weighted by Gasteiger charge is 2.30. The average molecular weight is 309 g/mol. The number of ether oxygens (including phenoxy) is 2. The van der Waals surface area contributed by atoms with Crippen molar-refractivity contribution < 1.29 is 14.3 Å². The third-order valence-corrected chi connectivity index (χ3v) is 4.49. The number of rotatable bonds is 2. The Labute approximate surface area is 135 Å². The summed E-state index contributed by atoms with van der Waals surface area (Å²) in [4.78, 5) is 12.6. The number of hydrogen-bond donors (Lipinski definition) is 1. The molecular formula is C19H19NO3. The number of amides is 1. The zero-order valence-electron chi connectivity index (χ0n) is 12.8. The maximum Gasteiger partial charge on any atom is 0.265 e. The van der Waals surface area contributed by atoms with E-state index in [-0.39, 0.29) is 18.6 Å². The lowest BCUT2D eigenvalue weighted by Gasteiger charge is -2.30. The lowest BCUT2D eigenvalue weighted by Crippen LogP contribution is -2.45. The van der Waals surface area contributed by atoms with E-state index >= 15 is 0 Å². The zero-order valence-corrected chi connectivity index (χ0v) is 12.8. The van der Waals surface area contributed by atoms with Crippen molar-refractivity contribution in [1.82, 2.24) is 5.32 Å². The first kappa shape index (κ1) is 14.1. The normalized spacial score (nSPS) is 22.1.